The topological polar surface area (TPSA) is 215 Å². The summed E-state index contributed by atoms with van der Waals surface area (Å²) in [5.41, 5.74) is 7.70. The molecule has 2 aromatic rings. The zero-order chi connectivity index (χ0) is 27.1. The quantitative estimate of drug-likeness (QED) is 0.182. The Morgan fingerprint density at radius 2 is 1.78 bits per heavy atom. The molecule has 1 aromatic carbocycles. The van der Waals surface area contributed by atoms with Crippen molar-refractivity contribution >= 4 is 40.6 Å². The summed E-state index contributed by atoms with van der Waals surface area (Å²) in [6, 6.07) is 2.52. The lowest BCUT2D eigenvalue weighted by Crippen LogP contribution is -2.58. The van der Waals surface area contributed by atoms with Crippen molar-refractivity contribution < 1.29 is 39.3 Å². The molecule has 1 aliphatic heterocycles. The molecular formula is C24H31N5O8. The van der Waals surface area contributed by atoms with Crippen molar-refractivity contribution in [1.82, 2.24) is 20.5 Å². The molecule has 13 heteroatoms. The van der Waals surface area contributed by atoms with Gasteiger partial charge in [0, 0.05) is 30.1 Å². The Hall–Kier alpha value is -3.97. The maximum absolute atomic E-state index is 13.0. The first kappa shape index (κ1) is 27.6. The number of carboxylic acids is 2. The summed E-state index contributed by atoms with van der Waals surface area (Å²) in [5, 5.41) is 33.8. The maximum Gasteiger partial charge on any atom is 0.326 e. The van der Waals surface area contributed by atoms with Crippen molar-refractivity contribution in [2.24, 2.45) is 5.73 Å². The highest BCUT2D eigenvalue weighted by molar-refractivity contribution is 5.95. The Morgan fingerprint density at radius 1 is 1.08 bits per heavy atom. The number of fused-ring (bicyclic) bond motifs is 1. The fourth-order valence-corrected chi connectivity index (χ4v) is 4.39. The van der Waals surface area contributed by atoms with E-state index in [0.717, 1.165) is 21.4 Å². The van der Waals surface area contributed by atoms with E-state index in [1.54, 1.807) is 6.20 Å². The third kappa shape index (κ3) is 6.83. The normalized spacial score (nSPS) is 17.7. The monoisotopic (exact) mass is 517 g/mol. The molecule has 3 amide bonds. The summed E-state index contributed by atoms with van der Waals surface area (Å²) in [4.78, 5) is 65.3. The van der Waals surface area contributed by atoms with Crippen LogP contribution in [0.1, 0.15) is 31.2 Å². The van der Waals surface area contributed by atoms with Crippen LogP contribution in [0.3, 0.4) is 0 Å². The van der Waals surface area contributed by atoms with Gasteiger partial charge in [0.2, 0.25) is 17.7 Å². The average Bonchev–Trinajstić information content (AvgIpc) is 3.52. The van der Waals surface area contributed by atoms with Crippen LogP contribution in [0.5, 0.6) is 0 Å². The second kappa shape index (κ2) is 12.3. The number of nitrogens with two attached hydrogens (primary N) is 1. The number of nitrogens with one attached hydrogen (secondary N) is 3. The first-order chi connectivity index (χ1) is 17.6. The van der Waals surface area contributed by atoms with Gasteiger partial charge in [0.1, 0.15) is 18.1 Å². The molecule has 1 aromatic heterocycles. The lowest BCUT2D eigenvalue weighted by molar-refractivity contribution is -0.150. The van der Waals surface area contributed by atoms with Crippen LogP contribution in [-0.2, 0) is 30.4 Å². The van der Waals surface area contributed by atoms with Gasteiger partial charge in [0.15, 0.2) is 0 Å². The van der Waals surface area contributed by atoms with Crippen LogP contribution in [0.2, 0.25) is 0 Å². The summed E-state index contributed by atoms with van der Waals surface area (Å²) in [5.74, 6) is -4.78. The van der Waals surface area contributed by atoms with Crippen molar-refractivity contribution in [3.05, 3.63) is 36.0 Å². The Morgan fingerprint density at radius 3 is 2.46 bits per heavy atom. The average molecular weight is 518 g/mol. The minimum Gasteiger partial charge on any atom is -0.481 e. The lowest BCUT2D eigenvalue weighted by Gasteiger charge is -2.28. The molecule has 2 heterocycles. The van der Waals surface area contributed by atoms with Crippen LogP contribution in [-0.4, -0.2) is 92.2 Å². The van der Waals surface area contributed by atoms with Gasteiger partial charge in [-0.3, -0.25) is 19.2 Å². The number of aliphatic carboxylic acids is 2. The largest absolute Gasteiger partial charge is 0.481 e. The van der Waals surface area contributed by atoms with Gasteiger partial charge < -0.3 is 41.6 Å². The summed E-state index contributed by atoms with van der Waals surface area (Å²) < 4.78 is 0. The number of hydrogen-bond donors (Lipinski definition) is 7. The molecule has 1 fully saturated rings. The molecule has 1 saturated heterocycles. The Labute approximate surface area is 212 Å². The van der Waals surface area contributed by atoms with E-state index in [1.807, 2.05) is 24.3 Å². The van der Waals surface area contributed by atoms with Gasteiger partial charge in [-0.25, -0.2) is 4.79 Å². The van der Waals surface area contributed by atoms with Crippen molar-refractivity contribution in [3.8, 4) is 0 Å². The summed E-state index contributed by atoms with van der Waals surface area (Å²) >= 11 is 0. The van der Waals surface area contributed by atoms with Crippen LogP contribution in [0.15, 0.2) is 30.5 Å². The van der Waals surface area contributed by atoms with Gasteiger partial charge >= 0.3 is 11.9 Å². The van der Waals surface area contributed by atoms with Crippen LogP contribution in [0.25, 0.3) is 10.9 Å². The van der Waals surface area contributed by atoms with Gasteiger partial charge in [0.25, 0.3) is 0 Å². The third-order valence-corrected chi connectivity index (χ3v) is 6.35. The first-order valence-corrected chi connectivity index (χ1v) is 11.9. The van der Waals surface area contributed by atoms with E-state index in [4.69, 9.17) is 10.8 Å². The zero-order valence-corrected chi connectivity index (χ0v) is 20.1. The van der Waals surface area contributed by atoms with Crippen molar-refractivity contribution in [1.29, 1.82) is 0 Å². The Kier molecular flexibility index (Phi) is 9.20. The molecule has 0 radical (unpaired) electrons. The van der Waals surface area contributed by atoms with Crippen molar-refractivity contribution in [2.45, 2.75) is 56.3 Å². The number of carbonyl (C=O) groups is 5. The number of hydrogen-bond acceptors (Lipinski definition) is 7. The zero-order valence-electron chi connectivity index (χ0n) is 20.1. The van der Waals surface area contributed by atoms with E-state index >= 15 is 0 Å². The number of rotatable bonds is 12. The number of likely N-dealkylation sites (tertiary alicyclic amines) is 1. The number of H-pyrrole nitrogens is 1. The highest BCUT2D eigenvalue weighted by atomic mass is 16.4. The molecule has 0 spiro atoms. The fraction of sp³-hybridized carbons (Fsp3) is 0.458. The number of aliphatic hydroxyl groups excluding tert-OH is 1. The Balaban J connectivity index is 1.65. The minimum absolute atomic E-state index is 0.151. The van der Waals surface area contributed by atoms with Gasteiger partial charge in [-0.1, -0.05) is 18.2 Å². The lowest BCUT2D eigenvalue weighted by atomic mass is 10.0. The molecule has 4 unspecified atom stereocenters. The van der Waals surface area contributed by atoms with E-state index in [1.165, 1.54) is 0 Å². The number of benzene rings is 1. The highest BCUT2D eigenvalue weighted by Gasteiger charge is 2.38. The fourth-order valence-electron chi connectivity index (χ4n) is 4.39. The molecule has 1 aliphatic rings. The van der Waals surface area contributed by atoms with E-state index in [2.05, 4.69) is 15.6 Å². The number of aromatic amines is 1. The number of carbonyl (C=O) groups excluding carboxylic acids is 3. The van der Waals surface area contributed by atoms with Crippen molar-refractivity contribution in [3.63, 3.8) is 0 Å². The first-order valence-electron chi connectivity index (χ1n) is 11.9. The summed E-state index contributed by atoms with van der Waals surface area (Å²) in [6.45, 7) is -0.656. The number of para-hydroxylation sites is 1. The predicted molar refractivity (Wildman–Crippen MR) is 130 cm³/mol. The van der Waals surface area contributed by atoms with E-state index in [-0.39, 0.29) is 25.8 Å². The predicted octanol–water partition coefficient (Wildman–Crippen LogP) is -1.06. The minimum atomic E-state index is -1.46. The van der Waals surface area contributed by atoms with Gasteiger partial charge in [0.05, 0.1) is 12.6 Å². The smallest absolute Gasteiger partial charge is 0.326 e. The number of nitrogens with zero attached hydrogens (tertiary/aromatic N) is 1. The SMILES string of the molecule is NC(Cc1c[nH]c2ccccc12)C(=O)NC(CO)C(=O)NC(CCC(=O)O)C(=O)N1CCCC1C(=O)O. The molecule has 37 heavy (non-hydrogen) atoms. The molecule has 0 aliphatic carbocycles. The molecule has 4 atom stereocenters. The van der Waals surface area contributed by atoms with Gasteiger partial charge in [-0.2, -0.15) is 0 Å². The van der Waals surface area contributed by atoms with Crippen LogP contribution < -0.4 is 16.4 Å². The molecule has 13 nitrogen and oxygen atoms in total. The molecule has 3 rings (SSSR count). The highest BCUT2D eigenvalue weighted by Crippen LogP contribution is 2.20. The molecule has 0 saturated carbocycles. The Bertz CT molecular complexity index is 1160. The maximum atomic E-state index is 13.0. The van der Waals surface area contributed by atoms with Crippen LogP contribution in [0, 0.1) is 0 Å². The second-order valence-electron chi connectivity index (χ2n) is 8.94. The second-order valence-corrected chi connectivity index (χ2v) is 8.94. The van der Waals surface area contributed by atoms with E-state index in [9.17, 15) is 34.2 Å². The van der Waals surface area contributed by atoms with Crippen LogP contribution in [0.4, 0.5) is 0 Å². The van der Waals surface area contributed by atoms with E-state index in [0.29, 0.717) is 6.42 Å². The van der Waals surface area contributed by atoms with Gasteiger partial charge in [-0.15, -0.1) is 0 Å². The van der Waals surface area contributed by atoms with Gasteiger partial charge in [-0.05, 0) is 37.3 Å². The summed E-state index contributed by atoms with van der Waals surface area (Å²) in [6.07, 6.45) is 1.81. The molecular weight excluding hydrogens is 486 g/mol. The molecule has 200 valence electrons. The number of carboxylic acid groups (broad SMARTS) is 2. The number of aromatic nitrogens is 1. The summed E-state index contributed by atoms with van der Waals surface area (Å²) in [7, 11) is 0. The van der Waals surface area contributed by atoms with E-state index < -0.39 is 66.9 Å². The van der Waals surface area contributed by atoms with Crippen molar-refractivity contribution in [2.75, 3.05) is 13.2 Å². The van der Waals surface area contributed by atoms with Crippen LogP contribution >= 0.6 is 0 Å². The number of amides is 3. The molecule has 0 bridgehead atoms. The molecule has 8 N–H and O–H groups in total. The standard InChI is InChI=1S/C24H31N5O8/c25-15(10-13-11-26-16-5-2-1-4-14(13)16)21(33)28-18(12-30)22(34)27-17(7-8-20(31)32)23(35)29-9-3-6-19(29)24(36)37/h1-2,4-5,11,15,17-19,26,30H,3,6-10,12,25H2,(H,27,34)(H,28,33)(H,31,32)(H,36,37). The number of aliphatic hydroxyl groups is 1. The third-order valence-electron chi connectivity index (χ3n) is 6.35.